The summed E-state index contributed by atoms with van der Waals surface area (Å²) >= 11 is 3.59. The van der Waals surface area contributed by atoms with Gasteiger partial charge in [-0.25, -0.2) is 9.98 Å². The Morgan fingerprint density at radius 2 is 2.13 bits per heavy atom. The van der Waals surface area contributed by atoms with E-state index in [2.05, 4.69) is 45.8 Å². The van der Waals surface area contributed by atoms with Crippen LogP contribution in [-0.4, -0.2) is 26.1 Å². The van der Waals surface area contributed by atoms with Gasteiger partial charge in [0, 0.05) is 30.5 Å². The van der Waals surface area contributed by atoms with Gasteiger partial charge in [0.1, 0.15) is 11.6 Å². The van der Waals surface area contributed by atoms with Crippen molar-refractivity contribution < 1.29 is 0 Å². The molecule has 0 saturated carbocycles. The number of rotatable bonds is 1. The molecule has 0 fully saturated rings. The highest BCUT2D eigenvalue weighted by Crippen LogP contribution is 2.33. The molecule has 1 N–H and O–H groups in total. The minimum absolute atomic E-state index is 0.454. The number of nitrogens with one attached hydrogen (secondary N) is 1. The molecule has 0 aliphatic carbocycles. The predicted molar refractivity (Wildman–Crippen MR) is 91.8 cm³/mol. The first-order valence-corrected chi connectivity index (χ1v) is 8.20. The zero-order valence-electron chi connectivity index (χ0n) is 12.8. The van der Waals surface area contributed by atoms with Crippen molar-refractivity contribution in [1.29, 1.82) is 0 Å². The largest absolute Gasteiger partial charge is 0.369 e. The second-order valence-electron chi connectivity index (χ2n) is 5.54. The summed E-state index contributed by atoms with van der Waals surface area (Å²) in [6.45, 7) is 5.69. The van der Waals surface area contributed by atoms with Crippen molar-refractivity contribution in [3.05, 3.63) is 45.9 Å². The lowest BCUT2D eigenvalue weighted by Crippen LogP contribution is -2.17. The SMILES string of the molecule is Cc1ccc(N=c2ncc3cc(Br)c4n(c-3n2)CCN4)c(C)n1. The molecular formula is C16H15BrN6. The molecule has 6 nitrogen and oxygen atoms in total. The molecule has 23 heavy (non-hydrogen) atoms. The number of fused-ring (bicyclic) bond motifs is 3. The molecule has 0 saturated heterocycles. The molecule has 0 aromatic carbocycles. The quantitative estimate of drug-likeness (QED) is 0.714. The molecule has 1 aromatic heterocycles. The highest BCUT2D eigenvalue weighted by atomic mass is 79.9. The van der Waals surface area contributed by atoms with Gasteiger partial charge in [-0.2, -0.15) is 4.98 Å². The summed E-state index contributed by atoms with van der Waals surface area (Å²) in [6, 6.07) is 5.92. The van der Waals surface area contributed by atoms with E-state index in [9.17, 15) is 0 Å². The molecule has 0 atom stereocenters. The normalized spacial score (nSPS) is 14.1. The number of halogens is 1. The zero-order valence-corrected chi connectivity index (χ0v) is 14.4. The summed E-state index contributed by atoms with van der Waals surface area (Å²) in [5, 5.41) is 3.36. The first-order chi connectivity index (χ1) is 11.1. The van der Waals surface area contributed by atoms with E-state index in [-0.39, 0.29) is 0 Å². The Morgan fingerprint density at radius 1 is 1.26 bits per heavy atom. The number of anilines is 1. The summed E-state index contributed by atoms with van der Waals surface area (Å²) in [6.07, 6.45) is 1.81. The Labute approximate surface area is 141 Å². The molecule has 0 amide bonds. The van der Waals surface area contributed by atoms with Crippen LogP contribution in [0.15, 0.2) is 33.9 Å². The van der Waals surface area contributed by atoms with Crippen LogP contribution in [0.3, 0.4) is 0 Å². The summed E-state index contributed by atoms with van der Waals surface area (Å²) in [5.74, 6) is 1.94. The molecule has 4 rings (SSSR count). The molecule has 0 spiro atoms. The number of nitrogens with zero attached hydrogens (tertiary/aromatic N) is 5. The van der Waals surface area contributed by atoms with E-state index < -0.39 is 0 Å². The van der Waals surface area contributed by atoms with E-state index in [0.29, 0.717) is 5.62 Å². The Morgan fingerprint density at radius 3 is 2.96 bits per heavy atom. The number of aryl methyl sites for hydroxylation is 2. The van der Waals surface area contributed by atoms with Crippen LogP contribution in [-0.2, 0) is 6.54 Å². The van der Waals surface area contributed by atoms with Crippen molar-refractivity contribution in [3.8, 4) is 11.4 Å². The van der Waals surface area contributed by atoms with Crippen LogP contribution in [0.4, 0.5) is 11.5 Å². The second kappa shape index (κ2) is 5.42. The number of hydrogen-bond acceptors (Lipinski definition) is 5. The first kappa shape index (κ1) is 14.3. The van der Waals surface area contributed by atoms with E-state index in [4.69, 9.17) is 0 Å². The number of aromatic nitrogens is 4. The van der Waals surface area contributed by atoms with E-state index in [0.717, 1.165) is 51.8 Å². The molecule has 0 unspecified atom stereocenters. The van der Waals surface area contributed by atoms with Gasteiger partial charge in [-0.15, -0.1) is 0 Å². The van der Waals surface area contributed by atoms with Crippen LogP contribution >= 0.6 is 15.9 Å². The lowest BCUT2D eigenvalue weighted by Gasteiger charge is -2.13. The molecule has 3 aliphatic heterocycles. The van der Waals surface area contributed by atoms with Gasteiger partial charge in [-0.05, 0) is 48.0 Å². The summed E-state index contributed by atoms with van der Waals surface area (Å²) < 4.78 is 3.18. The van der Waals surface area contributed by atoms with Gasteiger partial charge in [0.25, 0.3) is 5.62 Å². The van der Waals surface area contributed by atoms with E-state index >= 15 is 0 Å². The van der Waals surface area contributed by atoms with Gasteiger partial charge < -0.3 is 9.88 Å². The highest BCUT2D eigenvalue weighted by molar-refractivity contribution is 9.10. The van der Waals surface area contributed by atoms with Crippen molar-refractivity contribution in [2.45, 2.75) is 20.4 Å². The minimum Gasteiger partial charge on any atom is -0.369 e. The van der Waals surface area contributed by atoms with E-state index in [1.165, 1.54) is 0 Å². The lowest BCUT2D eigenvalue weighted by atomic mass is 10.2. The van der Waals surface area contributed by atoms with Gasteiger partial charge in [0.15, 0.2) is 0 Å². The monoisotopic (exact) mass is 370 g/mol. The van der Waals surface area contributed by atoms with E-state index in [1.54, 1.807) is 0 Å². The fourth-order valence-electron chi connectivity index (χ4n) is 2.77. The zero-order chi connectivity index (χ0) is 16.0. The second-order valence-corrected chi connectivity index (χ2v) is 6.39. The van der Waals surface area contributed by atoms with Gasteiger partial charge in [0.05, 0.1) is 15.9 Å². The topological polar surface area (TPSA) is 68.0 Å². The summed E-state index contributed by atoms with van der Waals surface area (Å²) in [5.41, 5.74) is 4.10. The van der Waals surface area contributed by atoms with Gasteiger partial charge in [0.2, 0.25) is 0 Å². The lowest BCUT2D eigenvalue weighted by molar-refractivity contribution is 0.778. The molecule has 7 heteroatoms. The molecule has 1 aromatic rings. The Kier molecular flexibility index (Phi) is 3.37. The molecule has 3 aliphatic rings. The smallest absolute Gasteiger partial charge is 0.251 e. The summed E-state index contributed by atoms with van der Waals surface area (Å²) in [4.78, 5) is 18.0. The van der Waals surface area contributed by atoms with Crippen LogP contribution in [0, 0.1) is 13.8 Å². The van der Waals surface area contributed by atoms with E-state index in [1.807, 2.05) is 38.2 Å². The molecule has 0 radical (unpaired) electrons. The molecule has 116 valence electrons. The van der Waals surface area contributed by atoms with Crippen LogP contribution in [0.2, 0.25) is 0 Å². The fraction of sp³-hybridized carbons (Fsp3) is 0.250. The third-order valence-electron chi connectivity index (χ3n) is 3.86. The maximum atomic E-state index is 4.64. The average molecular weight is 371 g/mol. The minimum atomic E-state index is 0.454. The van der Waals surface area contributed by atoms with Crippen molar-refractivity contribution in [3.63, 3.8) is 0 Å². The third-order valence-corrected chi connectivity index (χ3v) is 4.47. The van der Waals surface area contributed by atoms with Crippen molar-refractivity contribution in [1.82, 2.24) is 19.5 Å². The Hall–Kier alpha value is -2.28. The van der Waals surface area contributed by atoms with Gasteiger partial charge in [-0.3, -0.25) is 4.98 Å². The molecule has 4 heterocycles. The fourth-order valence-corrected chi connectivity index (χ4v) is 3.37. The van der Waals surface area contributed by atoms with Crippen molar-refractivity contribution in [2.75, 3.05) is 11.9 Å². The molecular weight excluding hydrogens is 356 g/mol. The maximum absolute atomic E-state index is 4.64. The highest BCUT2D eigenvalue weighted by Gasteiger charge is 2.19. The van der Waals surface area contributed by atoms with Gasteiger partial charge in [-0.1, -0.05) is 0 Å². The number of pyridine rings is 2. The van der Waals surface area contributed by atoms with Crippen molar-refractivity contribution >= 4 is 27.4 Å². The van der Waals surface area contributed by atoms with Crippen molar-refractivity contribution in [2.24, 2.45) is 4.99 Å². The third kappa shape index (κ3) is 2.50. The first-order valence-electron chi connectivity index (χ1n) is 7.41. The maximum Gasteiger partial charge on any atom is 0.251 e. The predicted octanol–water partition coefficient (Wildman–Crippen LogP) is 2.82. The van der Waals surface area contributed by atoms with Crippen LogP contribution in [0.25, 0.3) is 11.4 Å². The Bertz CT molecular complexity index is 946. The van der Waals surface area contributed by atoms with Gasteiger partial charge >= 0.3 is 0 Å². The summed E-state index contributed by atoms with van der Waals surface area (Å²) in [7, 11) is 0. The van der Waals surface area contributed by atoms with Crippen LogP contribution in [0.5, 0.6) is 0 Å². The average Bonchev–Trinajstić information content (AvgIpc) is 3.01. The number of hydrogen-bond donors (Lipinski definition) is 1. The Balaban J connectivity index is 1.91. The standard InChI is InChI=1S/C16H15BrN6/c1-9-3-4-13(10(2)20-9)21-16-19-8-11-7-12(17)15-18-5-6-23(15)14(11)22-16/h3-4,7-8,18H,5-6H2,1-2H3. The van der Waals surface area contributed by atoms with Crippen LogP contribution < -0.4 is 10.9 Å². The van der Waals surface area contributed by atoms with Crippen LogP contribution in [0.1, 0.15) is 11.4 Å². The molecule has 0 bridgehead atoms.